The van der Waals surface area contributed by atoms with Crippen LogP contribution in [0.15, 0.2) is 51.0 Å². The molecule has 34 heavy (non-hydrogen) atoms. The summed E-state index contributed by atoms with van der Waals surface area (Å²) in [5, 5.41) is 13.7. The molecule has 0 spiro atoms. The van der Waals surface area contributed by atoms with Crippen molar-refractivity contribution in [3.63, 3.8) is 0 Å². The molecule has 0 fully saturated rings. The number of hydrogen-bond acceptors (Lipinski definition) is 6. The molecule has 0 atom stereocenters. The van der Waals surface area contributed by atoms with Gasteiger partial charge in [0.1, 0.15) is 10.6 Å². The van der Waals surface area contributed by atoms with E-state index in [2.05, 4.69) is 10.3 Å². The van der Waals surface area contributed by atoms with Crippen molar-refractivity contribution in [1.82, 2.24) is 9.13 Å². The van der Waals surface area contributed by atoms with Crippen molar-refractivity contribution in [2.75, 3.05) is 11.1 Å². The molecule has 178 valence electrons. The van der Waals surface area contributed by atoms with Crippen LogP contribution in [0.25, 0.3) is 0 Å². The van der Waals surface area contributed by atoms with E-state index in [0.717, 1.165) is 48.8 Å². The van der Waals surface area contributed by atoms with Gasteiger partial charge in [0.25, 0.3) is 5.56 Å². The van der Waals surface area contributed by atoms with Crippen LogP contribution in [-0.2, 0) is 18.9 Å². The molecule has 0 saturated heterocycles. The summed E-state index contributed by atoms with van der Waals surface area (Å²) in [6.45, 7) is 7.80. The molecule has 1 amide bonds. The number of benzene rings is 2. The zero-order chi connectivity index (χ0) is 25.2. The van der Waals surface area contributed by atoms with Gasteiger partial charge in [0.2, 0.25) is 11.8 Å². The number of carbonyl (C=O) groups excluding carboxylic acids is 1. The summed E-state index contributed by atoms with van der Waals surface area (Å²) in [5.41, 5.74) is 3.86. The maximum absolute atomic E-state index is 12.9. The molecule has 0 bridgehead atoms. The molecule has 3 aromatic rings. The summed E-state index contributed by atoms with van der Waals surface area (Å²) in [6, 6.07) is 11.3. The third-order valence-electron chi connectivity index (χ3n) is 5.39. The van der Waals surface area contributed by atoms with Gasteiger partial charge in [-0.2, -0.15) is 0 Å². The van der Waals surface area contributed by atoms with Gasteiger partial charge in [-0.05, 0) is 51.0 Å². The molecule has 9 heteroatoms. The van der Waals surface area contributed by atoms with Gasteiger partial charge in [-0.1, -0.05) is 47.2 Å². The topological polar surface area (TPSA) is 106 Å². The Morgan fingerprint density at radius 1 is 0.971 bits per heavy atom. The Bertz CT molecular complexity index is 1380. The second-order valence-electron chi connectivity index (χ2n) is 8.27. The van der Waals surface area contributed by atoms with Crippen LogP contribution in [-0.4, -0.2) is 30.9 Å². The van der Waals surface area contributed by atoms with Crippen LogP contribution in [0.3, 0.4) is 0 Å². The van der Waals surface area contributed by atoms with Crippen molar-refractivity contribution < 1.29 is 9.90 Å². The summed E-state index contributed by atoms with van der Waals surface area (Å²) in [4.78, 5) is 42.4. The van der Waals surface area contributed by atoms with Crippen LogP contribution in [0.5, 0.6) is 5.88 Å². The fourth-order valence-corrected chi connectivity index (χ4v) is 4.44. The molecule has 8 nitrogen and oxygen atoms in total. The lowest BCUT2D eigenvalue weighted by atomic mass is 10.1. The maximum Gasteiger partial charge on any atom is 0.333 e. The number of rotatable bonds is 5. The Morgan fingerprint density at radius 2 is 1.56 bits per heavy atom. The van der Waals surface area contributed by atoms with E-state index in [1.807, 2.05) is 52.0 Å². The minimum atomic E-state index is -0.690. The number of carbonyl (C=O) groups is 1. The molecule has 1 heterocycles. The first-order valence-corrected chi connectivity index (χ1v) is 11.6. The molecule has 0 unspecified atom stereocenters. The van der Waals surface area contributed by atoms with Crippen LogP contribution in [0.4, 0.5) is 11.4 Å². The number of amides is 1. The van der Waals surface area contributed by atoms with Gasteiger partial charge in [0, 0.05) is 19.8 Å². The fraction of sp³-hybridized carbons (Fsp3) is 0.280. The van der Waals surface area contributed by atoms with Gasteiger partial charge in [-0.25, -0.2) is 9.79 Å². The van der Waals surface area contributed by atoms with E-state index < -0.39 is 17.1 Å². The zero-order valence-corrected chi connectivity index (χ0v) is 20.9. The quantitative estimate of drug-likeness (QED) is 0.430. The Balaban J connectivity index is 1.99. The van der Waals surface area contributed by atoms with Gasteiger partial charge in [-0.15, -0.1) is 0 Å². The number of nitrogens with zero attached hydrogens (tertiary/aromatic N) is 3. The normalized spacial score (nSPS) is 11.5. The van der Waals surface area contributed by atoms with Crippen molar-refractivity contribution in [3.8, 4) is 5.88 Å². The Kier molecular flexibility index (Phi) is 7.46. The minimum Gasteiger partial charge on any atom is -0.494 e. The van der Waals surface area contributed by atoms with Crippen molar-refractivity contribution >= 4 is 34.1 Å². The fourth-order valence-electron chi connectivity index (χ4n) is 3.60. The number of hydrogen-bond donors (Lipinski definition) is 2. The molecule has 0 saturated carbocycles. The van der Waals surface area contributed by atoms with Crippen molar-refractivity contribution in [1.29, 1.82) is 0 Å². The molecule has 3 rings (SSSR count). The third-order valence-corrected chi connectivity index (χ3v) is 6.37. The monoisotopic (exact) mass is 480 g/mol. The summed E-state index contributed by atoms with van der Waals surface area (Å²) >= 11 is 1.02. The number of aryl methyl sites for hydroxylation is 4. The standard InChI is InChI=1S/C25H28N4O4S/c1-14-7-9-18(10-8-14)26-22(20-23(31)28(5)25(33)29(6)24(20)32)34-13-19(30)27-21-16(3)11-15(2)12-17(21)4/h7-12,31H,13H2,1-6H3,(H,27,30). The van der Waals surface area contributed by atoms with Crippen LogP contribution in [0.1, 0.15) is 27.8 Å². The predicted octanol–water partition coefficient (Wildman–Crippen LogP) is 3.47. The molecular weight excluding hydrogens is 452 g/mol. The first kappa shape index (κ1) is 25.0. The second kappa shape index (κ2) is 10.1. The smallest absolute Gasteiger partial charge is 0.333 e. The average Bonchev–Trinajstić information content (AvgIpc) is 2.78. The lowest BCUT2D eigenvalue weighted by Crippen LogP contribution is -2.39. The summed E-state index contributed by atoms with van der Waals surface area (Å²) < 4.78 is 1.88. The van der Waals surface area contributed by atoms with Crippen molar-refractivity contribution in [2.24, 2.45) is 19.1 Å². The summed E-state index contributed by atoms with van der Waals surface area (Å²) in [7, 11) is 2.70. The lowest BCUT2D eigenvalue weighted by Gasteiger charge is -2.14. The highest BCUT2D eigenvalue weighted by molar-refractivity contribution is 8.15. The highest BCUT2D eigenvalue weighted by Gasteiger charge is 2.22. The second-order valence-corrected chi connectivity index (χ2v) is 9.23. The van der Waals surface area contributed by atoms with Gasteiger partial charge < -0.3 is 10.4 Å². The number of nitrogens with one attached hydrogen (secondary N) is 1. The lowest BCUT2D eigenvalue weighted by molar-refractivity contribution is -0.113. The molecule has 2 N–H and O–H groups in total. The first-order chi connectivity index (χ1) is 16.0. The summed E-state index contributed by atoms with van der Waals surface area (Å²) in [5.74, 6) is -0.835. The van der Waals surface area contributed by atoms with Crippen molar-refractivity contribution in [3.05, 3.63) is 85.1 Å². The van der Waals surface area contributed by atoms with Gasteiger partial charge in [0.15, 0.2) is 0 Å². The summed E-state index contributed by atoms with van der Waals surface area (Å²) in [6.07, 6.45) is 0. The molecular formula is C25H28N4O4S. The number of aliphatic imine (C=N–C) groups is 1. The third kappa shape index (κ3) is 5.31. The number of aromatic nitrogens is 2. The van der Waals surface area contributed by atoms with Gasteiger partial charge in [-0.3, -0.25) is 18.7 Å². The molecule has 0 radical (unpaired) electrons. The van der Waals surface area contributed by atoms with E-state index in [1.165, 1.54) is 14.1 Å². The largest absolute Gasteiger partial charge is 0.494 e. The van der Waals surface area contributed by atoms with E-state index >= 15 is 0 Å². The molecule has 0 aliphatic heterocycles. The van der Waals surface area contributed by atoms with E-state index in [1.54, 1.807) is 12.1 Å². The SMILES string of the molecule is Cc1ccc(N=C(SCC(=O)Nc2c(C)cc(C)cc2C)c2c(O)n(C)c(=O)n(C)c2=O)cc1. The van der Waals surface area contributed by atoms with Crippen LogP contribution in [0.2, 0.25) is 0 Å². The van der Waals surface area contributed by atoms with E-state index in [-0.39, 0.29) is 22.3 Å². The van der Waals surface area contributed by atoms with Gasteiger partial charge in [0.05, 0.1) is 11.4 Å². The number of thioether (sulfide) groups is 1. The van der Waals surface area contributed by atoms with E-state index in [9.17, 15) is 19.5 Å². The Morgan fingerprint density at radius 3 is 2.15 bits per heavy atom. The van der Waals surface area contributed by atoms with Crippen LogP contribution < -0.4 is 16.6 Å². The van der Waals surface area contributed by atoms with E-state index in [0.29, 0.717) is 5.69 Å². The number of anilines is 1. The van der Waals surface area contributed by atoms with Gasteiger partial charge >= 0.3 is 5.69 Å². The van der Waals surface area contributed by atoms with Crippen molar-refractivity contribution in [2.45, 2.75) is 27.7 Å². The van der Waals surface area contributed by atoms with Crippen LogP contribution in [0, 0.1) is 27.7 Å². The molecule has 2 aromatic carbocycles. The number of aromatic hydroxyl groups is 1. The Labute approximate surface area is 202 Å². The molecule has 0 aliphatic carbocycles. The predicted molar refractivity (Wildman–Crippen MR) is 138 cm³/mol. The van der Waals surface area contributed by atoms with E-state index in [4.69, 9.17) is 0 Å². The minimum absolute atomic E-state index is 0.0527. The first-order valence-electron chi connectivity index (χ1n) is 10.6. The molecule has 0 aliphatic rings. The average molecular weight is 481 g/mol. The zero-order valence-electron chi connectivity index (χ0n) is 20.1. The highest BCUT2D eigenvalue weighted by atomic mass is 32.2. The highest BCUT2D eigenvalue weighted by Crippen LogP contribution is 2.25. The maximum atomic E-state index is 12.9. The van der Waals surface area contributed by atoms with Crippen LogP contribution >= 0.6 is 11.8 Å². The molecule has 1 aromatic heterocycles. The Hall–Kier alpha value is -3.59.